The molecule has 0 fully saturated rings. The Balaban J connectivity index is 1.79. The van der Waals surface area contributed by atoms with Crippen LogP contribution in [0, 0.1) is 0 Å². The first kappa shape index (κ1) is 18.4. The second-order valence-corrected chi connectivity index (χ2v) is 6.90. The van der Waals surface area contributed by atoms with Crippen LogP contribution in [-0.2, 0) is 6.54 Å². The van der Waals surface area contributed by atoms with Crippen molar-refractivity contribution in [3.05, 3.63) is 64.9 Å². The van der Waals surface area contributed by atoms with Gasteiger partial charge in [-0.1, -0.05) is 23.7 Å². The first-order valence-electron chi connectivity index (χ1n) is 8.96. The number of benzene rings is 2. The highest BCUT2D eigenvalue weighted by molar-refractivity contribution is 6.30. The number of halogens is 1. The molecule has 3 aromatic rings. The predicted octanol–water partition coefficient (Wildman–Crippen LogP) is 4.69. The van der Waals surface area contributed by atoms with Gasteiger partial charge in [-0.15, -0.1) is 0 Å². The van der Waals surface area contributed by atoms with Crippen LogP contribution in [0.5, 0.6) is 17.2 Å². The summed E-state index contributed by atoms with van der Waals surface area (Å²) >= 11 is 6.03. The average molecular weight is 397 g/mol. The van der Waals surface area contributed by atoms with Crippen molar-refractivity contribution in [3.8, 4) is 28.4 Å². The van der Waals surface area contributed by atoms with Gasteiger partial charge in [-0.2, -0.15) is 0 Å². The Morgan fingerprint density at radius 2 is 1.54 bits per heavy atom. The topological polar surface area (TPSA) is 45.0 Å². The molecule has 0 radical (unpaired) electrons. The van der Waals surface area contributed by atoms with E-state index in [1.165, 1.54) is 0 Å². The maximum absolute atomic E-state index is 6.03. The third kappa shape index (κ3) is 3.22. The normalized spacial score (nSPS) is 12.9. The Bertz CT molecular complexity index is 1010. The Labute approximate surface area is 169 Å². The van der Waals surface area contributed by atoms with Gasteiger partial charge in [0.05, 0.1) is 39.3 Å². The minimum absolute atomic E-state index is 0.572. The zero-order chi connectivity index (χ0) is 19.7. The lowest BCUT2D eigenvalue weighted by Crippen LogP contribution is -2.18. The van der Waals surface area contributed by atoms with Gasteiger partial charge in [0.15, 0.2) is 11.5 Å². The lowest BCUT2D eigenvalue weighted by atomic mass is 10.0. The maximum atomic E-state index is 6.03. The molecule has 0 bridgehead atoms. The van der Waals surface area contributed by atoms with E-state index in [9.17, 15) is 0 Å². The number of hydrogen-bond donors (Lipinski definition) is 0. The monoisotopic (exact) mass is 396 g/mol. The van der Waals surface area contributed by atoms with Gasteiger partial charge >= 0.3 is 0 Å². The molecule has 1 aliphatic heterocycles. The maximum Gasteiger partial charge on any atom is 0.203 e. The first-order chi connectivity index (χ1) is 13.6. The van der Waals surface area contributed by atoms with Gasteiger partial charge in [-0.3, -0.25) is 4.99 Å². The van der Waals surface area contributed by atoms with Crippen molar-refractivity contribution in [2.75, 3.05) is 27.9 Å². The Kier molecular flexibility index (Phi) is 5.01. The van der Waals surface area contributed by atoms with Crippen molar-refractivity contribution in [2.45, 2.75) is 6.54 Å². The molecule has 28 heavy (non-hydrogen) atoms. The van der Waals surface area contributed by atoms with E-state index in [-0.39, 0.29) is 0 Å². The highest BCUT2D eigenvalue weighted by Gasteiger charge is 2.21. The van der Waals surface area contributed by atoms with E-state index in [2.05, 4.69) is 16.8 Å². The van der Waals surface area contributed by atoms with Crippen LogP contribution in [0.3, 0.4) is 0 Å². The highest BCUT2D eigenvalue weighted by Crippen LogP contribution is 2.39. The van der Waals surface area contributed by atoms with E-state index in [0.717, 1.165) is 39.7 Å². The fourth-order valence-electron chi connectivity index (χ4n) is 3.50. The molecule has 0 saturated carbocycles. The summed E-state index contributed by atoms with van der Waals surface area (Å²) in [6.07, 6.45) is 2.16. The quantitative estimate of drug-likeness (QED) is 0.628. The van der Waals surface area contributed by atoms with Crippen molar-refractivity contribution < 1.29 is 14.2 Å². The lowest BCUT2D eigenvalue weighted by Gasteiger charge is -2.19. The number of nitrogens with zero attached hydrogens (tertiary/aromatic N) is 2. The number of aromatic nitrogens is 1. The van der Waals surface area contributed by atoms with Gasteiger partial charge in [0.1, 0.15) is 0 Å². The van der Waals surface area contributed by atoms with E-state index >= 15 is 0 Å². The molecule has 0 aliphatic carbocycles. The van der Waals surface area contributed by atoms with Crippen LogP contribution < -0.4 is 14.2 Å². The number of aliphatic imine (C=N–C) groups is 1. The molecular formula is C22H21ClN2O3. The third-order valence-electron chi connectivity index (χ3n) is 4.87. The van der Waals surface area contributed by atoms with E-state index in [1.807, 2.05) is 36.4 Å². The van der Waals surface area contributed by atoms with E-state index in [1.54, 1.807) is 21.3 Å². The molecule has 2 aromatic carbocycles. The smallest absolute Gasteiger partial charge is 0.203 e. The molecular weight excluding hydrogens is 376 g/mol. The fraction of sp³-hybridized carbons (Fsp3) is 0.227. The second-order valence-electron chi connectivity index (χ2n) is 6.46. The van der Waals surface area contributed by atoms with Crippen LogP contribution in [0.2, 0.25) is 5.02 Å². The number of methoxy groups -OCH3 is 3. The molecule has 0 spiro atoms. The molecule has 2 heterocycles. The summed E-state index contributed by atoms with van der Waals surface area (Å²) in [5.41, 5.74) is 5.15. The van der Waals surface area contributed by atoms with Gasteiger partial charge in [0.2, 0.25) is 5.75 Å². The number of ether oxygens (including phenoxy) is 3. The predicted molar refractivity (Wildman–Crippen MR) is 111 cm³/mol. The summed E-state index contributed by atoms with van der Waals surface area (Å²) in [7, 11) is 4.83. The average Bonchev–Trinajstić information content (AvgIpc) is 3.17. The molecule has 6 heteroatoms. The molecule has 0 saturated heterocycles. The van der Waals surface area contributed by atoms with Gasteiger partial charge in [-0.25, -0.2) is 0 Å². The fourth-order valence-corrected chi connectivity index (χ4v) is 3.63. The molecule has 1 aromatic heterocycles. The summed E-state index contributed by atoms with van der Waals surface area (Å²) < 4.78 is 18.7. The van der Waals surface area contributed by atoms with Gasteiger partial charge in [-0.05, 0) is 35.9 Å². The Morgan fingerprint density at radius 3 is 2.14 bits per heavy atom. The summed E-state index contributed by atoms with van der Waals surface area (Å²) in [4.78, 5) is 4.79. The third-order valence-corrected chi connectivity index (χ3v) is 5.12. The van der Waals surface area contributed by atoms with Crippen molar-refractivity contribution in [1.29, 1.82) is 0 Å². The highest BCUT2D eigenvalue weighted by atomic mass is 35.5. The van der Waals surface area contributed by atoms with Crippen molar-refractivity contribution >= 4 is 17.3 Å². The van der Waals surface area contributed by atoms with Crippen molar-refractivity contribution in [1.82, 2.24) is 4.57 Å². The van der Waals surface area contributed by atoms with Crippen LogP contribution in [-0.4, -0.2) is 38.2 Å². The van der Waals surface area contributed by atoms with Crippen LogP contribution in [0.1, 0.15) is 11.3 Å². The molecule has 0 N–H and O–H groups in total. The summed E-state index contributed by atoms with van der Waals surface area (Å²) in [6.45, 7) is 1.56. The van der Waals surface area contributed by atoms with Crippen molar-refractivity contribution in [2.24, 2.45) is 4.99 Å². The second kappa shape index (κ2) is 7.60. The molecule has 1 aliphatic rings. The van der Waals surface area contributed by atoms with Crippen LogP contribution in [0.15, 0.2) is 53.7 Å². The molecule has 0 unspecified atom stereocenters. The van der Waals surface area contributed by atoms with E-state index < -0.39 is 0 Å². The van der Waals surface area contributed by atoms with E-state index in [0.29, 0.717) is 23.8 Å². The minimum Gasteiger partial charge on any atom is -0.493 e. The number of hydrogen-bond acceptors (Lipinski definition) is 4. The Hall–Kier alpha value is -2.92. The Morgan fingerprint density at radius 1 is 0.857 bits per heavy atom. The minimum atomic E-state index is 0.572. The zero-order valence-corrected chi connectivity index (χ0v) is 16.8. The number of fused-ring (bicyclic) bond motifs is 1. The molecule has 0 atom stereocenters. The van der Waals surface area contributed by atoms with Crippen LogP contribution in [0.4, 0.5) is 0 Å². The molecule has 5 nitrogen and oxygen atoms in total. The number of rotatable bonds is 5. The van der Waals surface area contributed by atoms with Gasteiger partial charge < -0.3 is 18.8 Å². The SMILES string of the molecule is COc1cc(C2=NCCn3cc(-c4ccc(Cl)cc4)cc32)cc(OC)c1OC. The standard InChI is InChI=1S/C22H21ClN2O3/c1-26-19-11-15(12-20(27-2)22(19)28-3)21-18-10-16(13-25(18)9-8-24-21)14-4-6-17(23)7-5-14/h4-7,10-13H,8-9H2,1-3H3. The molecule has 4 rings (SSSR count). The summed E-state index contributed by atoms with van der Waals surface area (Å²) in [5, 5.41) is 0.729. The summed E-state index contributed by atoms with van der Waals surface area (Å²) in [5.74, 6) is 1.80. The van der Waals surface area contributed by atoms with E-state index in [4.69, 9.17) is 30.8 Å². The summed E-state index contributed by atoms with van der Waals surface area (Å²) in [6, 6.07) is 13.9. The van der Waals surface area contributed by atoms with Gasteiger partial charge in [0, 0.05) is 28.9 Å². The first-order valence-corrected chi connectivity index (χ1v) is 9.33. The molecule has 0 amide bonds. The van der Waals surface area contributed by atoms with Gasteiger partial charge in [0.25, 0.3) is 0 Å². The molecule has 144 valence electrons. The zero-order valence-electron chi connectivity index (χ0n) is 16.0. The lowest BCUT2D eigenvalue weighted by molar-refractivity contribution is 0.324. The largest absolute Gasteiger partial charge is 0.493 e. The van der Waals surface area contributed by atoms with Crippen molar-refractivity contribution in [3.63, 3.8) is 0 Å². The van der Waals surface area contributed by atoms with Crippen LogP contribution in [0.25, 0.3) is 11.1 Å². The van der Waals surface area contributed by atoms with Crippen LogP contribution >= 0.6 is 11.6 Å².